The van der Waals surface area contributed by atoms with Crippen molar-refractivity contribution < 1.29 is 19.1 Å². The molecule has 2 amide bonds. The van der Waals surface area contributed by atoms with E-state index in [1.807, 2.05) is 13.8 Å². The lowest BCUT2D eigenvalue weighted by atomic mass is 10.1. The highest BCUT2D eigenvalue weighted by atomic mass is 16.5. The molecule has 1 aromatic rings. The SMILES string of the molecule is CCOc1ccc(C(C)=O)cc1NC(=O)N(CC)CC1CCCCO1. The van der Waals surface area contributed by atoms with Gasteiger partial charge < -0.3 is 19.7 Å². The molecule has 138 valence electrons. The van der Waals surface area contributed by atoms with Crippen LogP contribution in [-0.2, 0) is 4.74 Å². The minimum Gasteiger partial charge on any atom is -0.492 e. The topological polar surface area (TPSA) is 67.9 Å². The summed E-state index contributed by atoms with van der Waals surface area (Å²) in [5, 5.41) is 2.89. The fourth-order valence-corrected chi connectivity index (χ4v) is 2.88. The van der Waals surface area contributed by atoms with Crippen molar-refractivity contribution in [3.05, 3.63) is 23.8 Å². The number of ketones is 1. The predicted molar refractivity (Wildman–Crippen MR) is 97.5 cm³/mol. The summed E-state index contributed by atoms with van der Waals surface area (Å²) in [7, 11) is 0. The van der Waals surface area contributed by atoms with Gasteiger partial charge in [-0.3, -0.25) is 4.79 Å². The molecule has 1 unspecified atom stereocenters. The van der Waals surface area contributed by atoms with Crippen LogP contribution in [0.1, 0.15) is 50.4 Å². The van der Waals surface area contributed by atoms with Gasteiger partial charge in [-0.25, -0.2) is 4.79 Å². The smallest absolute Gasteiger partial charge is 0.322 e. The normalized spacial score (nSPS) is 17.0. The molecule has 0 saturated carbocycles. The van der Waals surface area contributed by atoms with Gasteiger partial charge in [0, 0.05) is 25.3 Å². The van der Waals surface area contributed by atoms with E-state index >= 15 is 0 Å². The van der Waals surface area contributed by atoms with E-state index < -0.39 is 0 Å². The van der Waals surface area contributed by atoms with Crippen LogP contribution in [0.25, 0.3) is 0 Å². The van der Waals surface area contributed by atoms with Crippen LogP contribution in [0.15, 0.2) is 18.2 Å². The van der Waals surface area contributed by atoms with Crippen LogP contribution in [0.4, 0.5) is 10.5 Å². The van der Waals surface area contributed by atoms with E-state index in [4.69, 9.17) is 9.47 Å². The van der Waals surface area contributed by atoms with Crippen molar-refractivity contribution >= 4 is 17.5 Å². The Labute approximate surface area is 149 Å². The number of Topliss-reactive ketones (excluding diaryl/α,β-unsaturated/α-hetero) is 1. The van der Waals surface area contributed by atoms with E-state index in [1.165, 1.54) is 6.92 Å². The molecule has 6 nitrogen and oxygen atoms in total. The first kappa shape index (κ1) is 19.2. The van der Waals surface area contributed by atoms with Crippen molar-refractivity contribution in [2.45, 2.75) is 46.1 Å². The summed E-state index contributed by atoms with van der Waals surface area (Å²) < 4.78 is 11.3. The Hall–Kier alpha value is -2.08. The maximum Gasteiger partial charge on any atom is 0.322 e. The fourth-order valence-electron chi connectivity index (χ4n) is 2.88. The third kappa shape index (κ3) is 5.46. The first-order chi connectivity index (χ1) is 12.0. The third-order valence-corrected chi connectivity index (χ3v) is 4.29. The standard InChI is InChI=1S/C19H28N2O4/c1-4-21(13-16-8-6-7-11-25-16)19(23)20-17-12-15(14(3)22)9-10-18(17)24-5-2/h9-10,12,16H,4-8,11,13H2,1-3H3,(H,20,23). The number of ether oxygens (including phenoxy) is 2. The number of amides is 2. The summed E-state index contributed by atoms with van der Waals surface area (Å²) >= 11 is 0. The first-order valence-corrected chi connectivity index (χ1v) is 9.00. The average molecular weight is 348 g/mol. The number of benzene rings is 1. The van der Waals surface area contributed by atoms with Gasteiger partial charge >= 0.3 is 6.03 Å². The number of hydrogen-bond acceptors (Lipinski definition) is 4. The molecular formula is C19H28N2O4. The van der Waals surface area contributed by atoms with Gasteiger partial charge in [0.1, 0.15) is 5.75 Å². The number of urea groups is 1. The van der Waals surface area contributed by atoms with Crippen molar-refractivity contribution in [3.63, 3.8) is 0 Å². The molecule has 1 heterocycles. The summed E-state index contributed by atoms with van der Waals surface area (Å²) in [6.45, 7) is 7.72. The Kier molecular flexibility index (Phi) is 7.25. The van der Waals surface area contributed by atoms with Gasteiger partial charge in [0.15, 0.2) is 5.78 Å². The third-order valence-electron chi connectivity index (χ3n) is 4.29. The predicted octanol–water partition coefficient (Wildman–Crippen LogP) is 3.71. The van der Waals surface area contributed by atoms with Crippen LogP contribution in [0, 0.1) is 0 Å². The van der Waals surface area contributed by atoms with E-state index in [0.29, 0.717) is 36.7 Å². The second-order valence-corrected chi connectivity index (χ2v) is 6.16. The summed E-state index contributed by atoms with van der Waals surface area (Å²) in [5.41, 5.74) is 1.06. The lowest BCUT2D eigenvalue weighted by Crippen LogP contribution is -2.41. The summed E-state index contributed by atoms with van der Waals surface area (Å²) in [6.07, 6.45) is 3.30. The van der Waals surface area contributed by atoms with Crippen molar-refractivity contribution in [1.29, 1.82) is 0 Å². The second-order valence-electron chi connectivity index (χ2n) is 6.16. The fraction of sp³-hybridized carbons (Fsp3) is 0.579. The van der Waals surface area contributed by atoms with E-state index in [0.717, 1.165) is 25.9 Å². The highest BCUT2D eigenvalue weighted by molar-refractivity contribution is 5.97. The Bertz CT molecular complexity index is 597. The minimum absolute atomic E-state index is 0.0542. The van der Waals surface area contributed by atoms with E-state index in [2.05, 4.69) is 5.32 Å². The quantitative estimate of drug-likeness (QED) is 0.763. The van der Waals surface area contributed by atoms with Crippen molar-refractivity contribution in [1.82, 2.24) is 4.90 Å². The second kappa shape index (κ2) is 9.42. The summed E-state index contributed by atoms with van der Waals surface area (Å²) in [4.78, 5) is 26.0. The Balaban J connectivity index is 2.10. The number of nitrogens with zero attached hydrogens (tertiary/aromatic N) is 1. The van der Waals surface area contributed by atoms with Crippen molar-refractivity contribution in [2.24, 2.45) is 0 Å². The molecule has 1 saturated heterocycles. The average Bonchev–Trinajstić information content (AvgIpc) is 2.62. The molecule has 0 spiro atoms. The highest BCUT2D eigenvalue weighted by Crippen LogP contribution is 2.27. The number of likely N-dealkylation sites (N-methyl/N-ethyl adjacent to an activating group) is 1. The minimum atomic E-state index is -0.210. The van der Waals surface area contributed by atoms with Gasteiger partial charge in [0.25, 0.3) is 0 Å². The zero-order chi connectivity index (χ0) is 18.2. The number of anilines is 1. The van der Waals surface area contributed by atoms with Crippen LogP contribution in [0.3, 0.4) is 0 Å². The van der Waals surface area contributed by atoms with Crippen molar-refractivity contribution in [2.75, 3.05) is 31.6 Å². The monoisotopic (exact) mass is 348 g/mol. The number of carbonyl (C=O) groups is 2. The zero-order valence-electron chi connectivity index (χ0n) is 15.3. The lowest BCUT2D eigenvalue weighted by molar-refractivity contribution is 0.00221. The van der Waals surface area contributed by atoms with Crippen LogP contribution in [-0.4, -0.2) is 49.1 Å². The van der Waals surface area contributed by atoms with E-state index in [-0.39, 0.29) is 17.9 Å². The number of hydrogen-bond donors (Lipinski definition) is 1. The van der Waals surface area contributed by atoms with Crippen LogP contribution in [0.5, 0.6) is 5.75 Å². The van der Waals surface area contributed by atoms with Crippen LogP contribution >= 0.6 is 0 Å². The van der Waals surface area contributed by atoms with E-state index in [1.54, 1.807) is 23.1 Å². The largest absolute Gasteiger partial charge is 0.492 e. The molecule has 1 aromatic carbocycles. The number of nitrogens with one attached hydrogen (secondary N) is 1. The summed E-state index contributed by atoms with van der Waals surface area (Å²) in [5.74, 6) is 0.507. The molecular weight excluding hydrogens is 320 g/mol. The van der Waals surface area contributed by atoms with Gasteiger partial charge in [-0.05, 0) is 58.2 Å². The zero-order valence-corrected chi connectivity index (χ0v) is 15.3. The molecule has 1 aliphatic rings. The molecule has 1 fully saturated rings. The Morgan fingerprint density at radius 3 is 2.72 bits per heavy atom. The molecule has 1 aliphatic heterocycles. The van der Waals surface area contributed by atoms with Gasteiger partial charge in [0.05, 0.1) is 18.4 Å². The first-order valence-electron chi connectivity index (χ1n) is 9.00. The molecule has 25 heavy (non-hydrogen) atoms. The molecule has 0 bridgehead atoms. The molecule has 1 N–H and O–H groups in total. The maximum absolute atomic E-state index is 12.7. The number of carbonyl (C=O) groups excluding carboxylic acids is 2. The molecule has 0 radical (unpaired) electrons. The van der Waals surface area contributed by atoms with Crippen LogP contribution < -0.4 is 10.1 Å². The van der Waals surface area contributed by atoms with Gasteiger partial charge in [0.2, 0.25) is 0 Å². The van der Waals surface area contributed by atoms with Gasteiger partial charge in [-0.2, -0.15) is 0 Å². The van der Waals surface area contributed by atoms with E-state index in [9.17, 15) is 9.59 Å². The Morgan fingerprint density at radius 2 is 2.12 bits per heavy atom. The van der Waals surface area contributed by atoms with Gasteiger partial charge in [-0.1, -0.05) is 0 Å². The molecule has 0 aliphatic carbocycles. The van der Waals surface area contributed by atoms with Crippen LogP contribution in [0.2, 0.25) is 0 Å². The van der Waals surface area contributed by atoms with Gasteiger partial charge in [-0.15, -0.1) is 0 Å². The molecule has 6 heteroatoms. The maximum atomic E-state index is 12.7. The highest BCUT2D eigenvalue weighted by Gasteiger charge is 2.21. The number of rotatable bonds is 7. The molecule has 2 rings (SSSR count). The lowest BCUT2D eigenvalue weighted by Gasteiger charge is -2.29. The molecule has 1 atom stereocenters. The molecule has 0 aromatic heterocycles. The summed E-state index contributed by atoms with van der Waals surface area (Å²) in [6, 6.07) is 4.88. The Morgan fingerprint density at radius 1 is 1.32 bits per heavy atom. The van der Waals surface area contributed by atoms with Crippen molar-refractivity contribution in [3.8, 4) is 5.75 Å².